The van der Waals surface area contributed by atoms with E-state index in [2.05, 4.69) is 27.6 Å². The fraction of sp³-hybridized carbons (Fsp3) is 0.556. The second-order valence-electron chi connectivity index (χ2n) is 7.20. The van der Waals surface area contributed by atoms with Crippen molar-refractivity contribution in [1.82, 2.24) is 10.1 Å². The van der Waals surface area contributed by atoms with Crippen LogP contribution in [0.5, 0.6) is 5.75 Å². The fourth-order valence-corrected chi connectivity index (χ4v) is 3.70. The van der Waals surface area contributed by atoms with Gasteiger partial charge in [0.05, 0.1) is 18.8 Å². The van der Waals surface area contributed by atoms with Crippen molar-refractivity contribution >= 4 is 5.95 Å². The fourth-order valence-electron chi connectivity index (χ4n) is 3.70. The van der Waals surface area contributed by atoms with Gasteiger partial charge in [-0.3, -0.25) is 0 Å². The van der Waals surface area contributed by atoms with Crippen LogP contribution in [-0.2, 0) is 6.42 Å². The van der Waals surface area contributed by atoms with Crippen molar-refractivity contribution in [1.29, 1.82) is 0 Å². The zero-order chi connectivity index (χ0) is 16.1. The van der Waals surface area contributed by atoms with Crippen molar-refractivity contribution in [3.63, 3.8) is 0 Å². The highest BCUT2D eigenvalue weighted by Crippen LogP contribution is 2.42. The van der Waals surface area contributed by atoms with Crippen LogP contribution in [0.15, 0.2) is 22.7 Å². The first kappa shape index (κ1) is 14.3. The van der Waals surface area contributed by atoms with Crippen LogP contribution >= 0.6 is 0 Å². The molecule has 1 aromatic carbocycles. The molecular weight excluding hydrogens is 306 g/mol. The maximum Gasteiger partial charge on any atom is 0.263 e. The Bertz CT molecular complexity index is 750. The van der Waals surface area contributed by atoms with Gasteiger partial charge < -0.3 is 19.7 Å². The minimum Gasteiger partial charge on any atom is -0.493 e. The summed E-state index contributed by atoms with van der Waals surface area (Å²) >= 11 is 0. The molecule has 0 saturated heterocycles. The van der Waals surface area contributed by atoms with Crippen LogP contribution in [0.2, 0.25) is 0 Å². The number of hydrogen-bond acceptors (Lipinski definition) is 6. The monoisotopic (exact) mass is 327 g/mol. The summed E-state index contributed by atoms with van der Waals surface area (Å²) in [5, 5.41) is 17.3. The number of aromatic nitrogens is 2. The van der Waals surface area contributed by atoms with Gasteiger partial charge in [-0.2, -0.15) is 4.98 Å². The quantitative estimate of drug-likeness (QED) is 0.879. The van der Waals surface area contributed by atoms with Crippen molar-refractivity contribution in [2.45, 2.75) is 50.2 Å². The van der Waals surface area contributed by atoms with Gasteiger partial charge in [-0.05, 0) is 60.0 Å². The van der Waals surface area contributed by atoms with Crippen molar-refractivity contribution in [3.8, 4) is 5.75 Å². The summed E-state index contributed by atoms with van der Waals surface area (Å²) in [7, 11) is 0. The second-order valence-corrected chi connectivity index (χ2v) is 7.20. The number of hydrogen-bond donors (Lipinski definition) is 2. The average molecular weight is 327 g/mol. The van der Waals surface area contributed by atoms with Crippen LogP contribution in [-0.4, -0.2) is 28.0 Å². The molecule has 6 nitrogen and oxygen atoms in total. The van der Waals surface area contributed by atoms with E-state index in [4.69, 9.17) is 9.26 Å². The number of fused-ring (bicyclic) bond motifs is 1. The zero-order valence-electron chi connectivity index (χ0n) is 13.4. The van der Waals surface area contributed by atoms with Crippen LogP contribution in [0.25, 0.3) is 0 Å². The van der Waals surface area contributed by atoms with Crippen LogP contribution in [0.3, 0.4) is 0 Å². The third-order valence-corrected chi connectivity index (χ3v) is 5.35. The first-order chi connectivity index (χ1) is 11.8. The molecule has 1 atom stereocenters. The summed E-state index contributed by atoms with van der Waals surface area (Å²) < 4.78 is 11.0. The summed E-state index contributed by atoms with van der Waals surface area (Å²) in [6.07, 6.45) is 4.66. The Labute approximate surface area is 140 Å². The van der Waals surface area contributed by atoms with E-state index in [0.29, 0.717) is 17.8 Å². The maximum absolute atomic E-state index is 9.72. The molecule has 2 aliphatic carbocycles. The number of nitrogens with one attached hydrogen (secondary N) is 1. The van der Waals surface area contributed by atoms with E-state index in [9.17, 15) is 5.11 Å². The molecule has 2 saturated carbocycles. The first-order valence-corrected chi connectivity index (χ1v) is 8.80. The first-order valence-electron chi connectivity index (χ1n) is 8.80. The van der Waals surface area contributed by atoms with Crippen molar-refractivity contribution < 1.29 is 14.4 Å². The van der Waals surface area contributed by atoms with Crippen LogP contribution in [0.1, 0.15) is 54.7 Å². The summed E-state index contributed by atoms with van der Waals surface area (Å²) in [6.45, 7) is 0.759. The highest BCUT2D eigenvalue weighted by molar-refractivity contribution is 5.43. The molecule has 24 heavy (non-hydrogen) atoms. The molecule has 5 rings (SSSR count). The Morgan fingerprint density at radius 1 is 1.25 bits per heavy atom. The van der Waals surface area contributed by atoms with Crippen molar-refractivity contribution in [3.05, 3.63) is 35.2 Å². The Kier molecular flexibility index (Phi) is 3.26. The van der Waals surface area contributed by atoms with Gasteiger partial charge in [-0.25, -0.2) is 0 Å². The maximum atomic E-state index is 9.72. The Balaban J connectivity index is 1.41. The van der Waals surface area contributed by atoms with Gasteiger partial charge in [-0.1, -0.05) is 6.07 Å². The van der Waals surface area contributed by atoms with Crippen LogP contribution < -0.4 is 10.1 Å². The average Bonchev–Trinajstić information content (AvgIpc) is 3.12. The normalized spacial score (nSPS) is 26.4. The van der Waals surface area contributed by atoms with Gasteiger partial charge in [-0.15, -0.1) is 0 Å². The third kappa shape index (κ3) is 2.55. The van der Waals surface area contributed by atoms with Gasteiger partial charge >= 0.3 is 0 Å². The molecular formula is C18H21N3O3. The van der Waals surface area contributed by atoms with Gasteiger partial charge in [0.25, 0.3) is 5.95 Å². The molecule has 0 amide bonds. The molecule has 2 heterocycles. The van der Waals surface area contributed by atoms with Crippen LogP contribution in [0, 0.1) is 5.92 Å². The molecule has 6 heteroatoms. The molecule has 0 radical (unpaired) electrons. The van der Waals surface area contributed by atoms with Crippen LogP contribution in [0.4, 0.5) is 5.95 Å². The molecule has 2 N–H and O–H groups in total. The van der Waals surface area contributed by atoms with Gasteiger partial charge in [0, 0.05) is 12.3 Å². The third-order valence-electron chi connectivity index (χ3n) is 5.35. The number of aliphatic hydroxyl groups is 1. The van der Waals surface area contributed by atoms with Gasteiger partial charge in [0.15, 0.2) is 0 Å². The largest absolute Gasteiger partial charge is 0.493 e. The standard InChI is InChI=1S/C18H21N3O3/c22-14-8-13(9-14)16(12-3-4-15-11(7-12)5-6-23-15)19-18-20-17(24-21-18)10-1-2-10/h3-4,7,10,13-14,16,22H,1-2,5-6,8-9H2,(H,19,21)/t13?,14?,16-/m1/s1. The van der Waals surface area contributed by atoms with E-state index >= 15 is 0 Å². The minimum absolute atomic E-state index is 0.0870. The Morgan fingerprint density at radius 2 is 2.12 bits per heavy atom. The van der Waals surface area contributed by atoms with Gasteiger partial charge in [0.1, 0.15) is 5.75 Å². The summed E-state index contributed by atoms with van der Waals surface area (Å²) in [6, 6.07) is 6.46. The summed E-state index contributed by atoms with van der Waals surface area (Å²) in [5.41, 5.74) is 2.46. The SMILES string of the molecule is OC1CC([C@H](Nc2noc(C3CC3)n2)c2ccc3c(c2)CCO3)C1. The second kappa shape index (κ2) is 5.48. The number of anilines is 1. The van der Waals surface area contributed by atoms with Gasteiger partial charge in [0.2, 0.25) is 5.89 Å². The van der Waals surface area contributed by atoms with E-state index < -0.39 is 0 Å². The topological polar surface area (TPSA) is 80.4 Å². The van der Waals surface area contributed by atoms with E-state index in [0.717, 1.165) is 50.4 Å². The lowest BCUT2D eigenvalue weighted by Gasteiger charge is -2.38. The Morgan fingerprint density at radius 3 is 2.92 bits per heavy atom. The number of aliphatic hydroxyl groups excluding tert-OH is 1. The molecule has 3 aliphatic rings. The number of rotatable bonds is 5. The molecule has 1 aromatic heterocycles. The zero-order valence-corrected chi connectivity index (χ0v) is 13.4. The number of nitrogens with zero attached hydrogens (tertiary/aromatic N) is 2. The summed E-state index contributed by atoms with van der Waals surface area (Å²) in [5.74, 6) is 3.12. The summed E-state index contributed by atoms with van der Waals surface area (Å²) in [4.78, 5) is 4.49. The predicted octanol–water partition coefficient (Wildman–Crippen LogP) is 2.81. The lowest BCUT2D eigenvalue weighted by Crippen LogP contribution is -2.36. The highest BCUT2D eigenvalue weighted by atomic mass is 16.5. The Hall–Kier alpha value is -2.08. The van der Waals surface area contributed by atoms with E-state index in [1.807, 2.05) is 6.07 Å². The molecule has 1 aliphatic heterocycles. The lowest BCUT2D eigenvalue weighted by atomic mass is 9.75. The minimum atomic E-state index is -0.190. The lowest BCUT2D eigenvalue weighted by molar-refractivity contribution is 0.0338. The molecule has 0 unspecified atom stereocenters. The van der Waals surface area contributed by atoms with Crippen molar-refractivity contribution in [2.24, 2.45) is 5.92 Å². The van der Waals surface area contributed by atoms with E-state index in [1.54, 1.807) is 0 Å². The van der Waals surface area contributed by atoms with Crippen molar-refractivity contribution in [2.75, 3.05) is 11.9 Å². The number of benzene rings is 1. The number of ether oxygens (including phenoxy) is 1. The van der Waals surface area contributed by atoms with E-state index in [-0.39, 0.29) is 12.1 Å². The molecule has 2 fully saturated rings. The predicted molar refractivity (Wildman–Crippen MR) is 87.0 cm³/mol. The molecule has 0 spiro atoms. The highest BCUT2D eigenvalue weighted by Gasteiger charge is 2.36. The smallest absolute Gasteiger partial charge is 0.263 e. The molecule has 126 valence electrons. The van der Waals surface area contributed by atoms with E-state index in [1.165, 1.54) is 11.1 Å². The molecule has 2 aromatic rings. The molecule has 0 bridgehead atoms.